The van der Waals surface area contributed by atoms with Crippen LogP contribution in [0.25, 0.3) is 0 Å². The monoisotopic (exact) mass is 287 g/mol. The molecule has 0 aliphatic rings. The van der Waals surface area contributed by atoms with Gasteiger partial charge in [-0.25, -0.2) is 0 Å². The van der Waals surface area contributed by atoms with Gasteiger partial charge in [-0.05, 0) is 40.8 Å². The number of hydrogen-bond acceptors (Lipinski definition) is 2. The first-order chi connectivity index (χ1) is 9.36. The molecule has 0 saturated heterocycles. The Hall–Kier alpha value is -1.61. The van der Waals surface area contributed by atoms with Gasteiger partial charge in [-0.3, -0.25) is 4.21 Å². The van der Waals surface area contributed by atoms with E-state index < -0.39 is 10.8 Å². The first-order valence-corrected chi connectivity index (χ1v) is 8.01. The molecule has 0 amide bonds. The van der Waals surface area contributed by atoms with E-state index in [1.807, 2.05) is 36.4 Å². The molecule has 2 aromatic carbocycles. The topological polar surface area (TPSA) is 43.1 Å². The van der Waals surface area contributed by atoms with Crippen LogP contribution in [-0.4, -0.2) is 4.21 Å². The fraction of sp³-hybridized carbons (Fsp3) is 0.294. The molecule has 1 atom stereocenters. The molecular formula is C17H21NOS. The Bertz CT molecular complexity index is 612. The van der Waals surface area contributed by atoms with E-state index in [1.54, 1.807) is 0 Å². The highest BCUT2D eigenvalue weighted by Gasteiger charge is 2.14. The molecule has 0 fully saturated rings. The second-order valence-electron chi connectivity index (χ2n) is 6.01. The van der Waals surface area contributed by atoms with E-state index in [0.717, 1.165) is 10.5 Å². The van der Waals surface area contributed by atoms with Gasteiger partial charge < -0.3 is 5.73 Å². The van der Waals surface area contributed by atoms with Crippen molar-refractivity contribution in [1.82, 2.24) is 0 Å². The smallest absolute Gasteiger partial charge is 0.0574 e. The average molecular weight is 287 g/mol. The molecule has 3 heteroatoms. The molecule has 0 aliphatic heterocycles. The minimum atomic E-state index is -1.03. The van der Waals surface area contributed by atoms with Crippen LogP contribution in [0.2, 0.25) is 0 Å². The van der Waals surface area contributed by atoms with Crippen LogP contribution in [0.4, 0.5) is 5.69 Å². The van der Waals surface area contributed by atoms with Gasteiger partial charge in [0.2, 0.25) is 0 Å². The second-order valence-corrected chi connectivity index (χ2v) is 7.46. The lowest BCUT2D eigenvalue weighted by Crippen LogP contribution is -2.10. The maximum Gasteiger partial charge on any atom is 0.0574 e. The zero-order chi connectivity index (χ0) is 14.8. The lowest BCUT2D eigenvalue weighted by molar-refractivity contribution is 0.589. The number of benzene rings is 2. The summed E-state index contributed by atoms with van der Waals surface area (Å²) in [6.45, 7) is 6.52. The van der Waals surface area contributed by atoms with Gasteiger partial charge >= 0.3 is 0 Å². The predicted octanol–water partition coefficient (Wildman–Crippen LogP) is 3.87. The molecule has 2 N–H and O–H groups in total. The lowest BCUT2D eigenvalue weighted by Gasteiger charge is -2.19. The Morgan fingerprint density at radius 1 is 1.05 bits per heavy atom. The molecule has 20 heavy (non-hydrogen) atoms. The van der Waals surface area contributed by atoms with Crippen LogP contribution < -0.4 is 5.73 Å². The van der Waals surface area contributed by atoms with E-state index >= 15 is 0 Å². The van der Waals surface area contributed by atoms with Crippen molar-refractivity contribution in [3.63, 3.8) is 0 Å². The summed E-state index contributed by atoms with van der Waals surface area (Å²) in [4.78, 5) is 0.862. The number of rotatable bonds is 3. The van der Waals surface area contributed by atoms with Gasteiger partial charge in [0, 0.05) is 10.6 Å². The van der Waals surface area contributed by atoms with Crippen molar-refractivity contribution in [3.05, 3.63) is 59.7 Å². The SMILES string of the molecule is CC(C)(C)c1ccc(S(=O)Cc2cccc(N)c2)cc1. The normalized spacial score (nSPS) is 13.2. The number of nitrogens with two attached hydrogens (primary N) is 1. The van der Waals surface area contributed by atoms with Gasteiger partial charge in [-0.2, -0.15) is 0 Å². The zero-order valence-electron chi connectivity index (χ0n) is 12.2. The standard InChI is InChI=1S/C17H21NOS/c1-17(2,3)14-7-9-16(10-8-14)20(19)12-13-5-4-6-15(18)11-13/h4-11H,12,18H2,1-3H3. The maximum atomic E-state index is 12.4. The number of hydrogen-bond donors (Lipinski definition) is 1. The second kappa shape index (κ2) is 5.80. The minimum absolute atomic E-state index is 0.119. The maximum absolute atomic E-state index is 12.4. The summed E-state index contributed by atoms with van der Waals surface area (Å²) in [6, 6.07) is 15.6. The largest absolute Gasteiger partial charge is 0.399 e. The Balaban J connectivity index is 2.14. The fourth-order valence-corrected chi connectivity index (χ4v) is 3.11. The molecule has 0 saturated carbocycles. The molecule has 1 unspecified atom stereocenters. The Kier molecular flexibility index (Phi) is 4.29. The van der Waals surface area contributed by atoms with Crippen molar-refractivity contribution in [2.75, 3.05) is 5.73 Å². The quantitative estimate of drug-likeness (QED) is 0.871. The molecule has 2 rings (SSSR count). The summed E-state index contributed by atoms with van der Waals surface area (Å²) < 4.78 is 12.4. The summed E-state index contributed by atoms with van der Waals surface area (Å²) >= 11 is 0. The molecule has 0 aromatic heterocycles. The molecule has 0 spiro atoms. The van der Waals surface area contributed by atoms with E-state index in [9.17, 15) is 4.21 Å². The first kappa shape index (κ1) is 14.8. The molecule has 0 heterocycles. The highest BCUT2D eigenvalue weighted by Crippen LogP contribution is 2.23. The molecule has 2 aromatic rings. The molecule has 0 radical (unpaired) electrons. The van der Waals surface area contributed by atoms with Crippen molar-refractivity contribution in [2.45, 2.75) is 36.8 Å². The van der Waals surface area contributed by atoms with Gasteiger partial charge in [0.05, 0.1) is 16.6 Å². The molecular weight excluding hydrogens is 266 g/mol. The van der Waals surface area contributed by atoms with Crippen molar-refractivity contribution < 1.29 is 4.21 Å². The van der Waals surface area contributed by atoms with Crippen molar-refractivity contribution in [2.24, 2.45) is 0 Å². The molecule has 0 aliphatic carbocycles. The van der Waals surface area contributed by atoms with Gasteiger partial charge in [0.1, 0.15) is 0 Å². The third-order valence-electron chi connectivity index (χ3n) is 3.23. The van der Waals surface area contributed by atoms with Crippen LogP contribution in [0, 0.1) is 0 Å². The van der Waals surface area contributed by atoms with E-state index in [1.165, 1.54) is 5.56 Å². The van der Waals surface area contributed by atoms with Gasteiger partial charge in [0.15, 0.2) is 0 Å². The minimum Gasteiger partial charge on any atom is -0.399 e. The molecule has 106 valence electrons. The first-order valence-electron chi connectivity index (χ1n) is 6.69. The summed E-state index contributed by atoms with van der Waals surface area (Å²) in [6.07, 6.45) is 0. The zero-order valence-corrected chi connectivity index (χ0v) is 13.0. The Morgan fingerprint density at radius 3 is 2.25 bits per heavy atom. The third-order valence-corrected chi connectivity index (χ3v) is 4.63. The summed E-state index contributed by atoms with van der Waals surface area (Å²) in [5.41, 5.74) is 8.83. The van der Waals surface area contributed by atoms with Crippen molar-refractivity contribution >= 4 is 16.5 Å². The summed E-state index contributed by atoms with van der Waals surface area (Å²) in [5.74, 6) is 0.500. The van der Waals surface area contributed by atoms with E-state index in [2.05, 4.69) is 32.9 Å². The van der Waals surface area contributed by atoms with E-state index in [-0.39, 0.29) is 5.41 Å². The molecule has 2 nitrogen and oxygen atoms in total. The molecule has 0 bridgehead atoms. The van der Waals surface area contributed by atoms with Crippen LogP contribution in [0.3, 0.4) is 0 Å². The number of nitrogen functional groups attached to an aromatic ring is 1. The highest BCUT2D eigenvalue weighted by atomic mass is 32.2. The summed E-state index contributed by atoms with van der Waals surface area (Å²) in [7, 11) is -1.03. The van der Waals surface area contributed by atoms with E-state index in [0.29, 0.717) is 11.4 Å². The van der Waals surface area contributed by atoms with Gasteiger partial charge in [0.25, 0.3) is 0 Å². The van der Waals surface area contributed by atoms with Crippen molar-refractivity contribution in [3.8, 4) is 0 Å². The Labute approximate surface area is 123 Å². The van der Waals surface area contributed by atoms with Crippen molar-refractivity contribution in [1.29, 1.82) is 0 Å². The Morgan fingerprint density at radius 2 is 1.70 bits per heavy atom. The van der Waals surface area contributed by atoms with Crippen LogP contribution >= 0.6 is 0 Å². The number of anilines is 1. The third kappa shape index (κ3) is 3.70. The fourth-order valence-electron chi connectivity index (χ4n) is 2.02. The van der Waals surface area contributed by atoms with E-state index in [4.69, 9.17) is 5.73 Å². The van der Waals surface area contributed by atoms with Crippen LogP contribution in [0.1, 0.15) is 31.9 Å². The average Bonchev–Trinajstić information content (AvgIpc) is 2.38. The van der Waals surface area contributed by atoms with Gasteiger partial charge in [-0.15, -0.1) is 0 Å². The van der Waals surface area contributed by atoms with Gasteiger partial charge in [-0.1, -0.05) is 45.0 Å². The highest BCUT2D eigenvalue weighted by molar-refractivity contribution is 7.84. The van der Waals surface area contributed by atoms with Crippen LogP contribution in [0.15, 0.2) is 53.4 Å². The lowest BCUT2D eigenvalue weighted by atomic mass is 9.87. The predicted molar refractivity (Wildman–Crippen MR) is 86.1 cm³/mol. The summed E-state index contributed by atoms with van der Waals surface area (Å²) in [5, 5.41) is 0. The van der Waals surface area contributed by atoms with Crippen LogP contribution in [-0.2, 0) is 22.0 Å². The van der Waals surface area contributed by atoms with Crippen LogP contribution in [0.5, 0.6) is 0 Å².